The van der Waals surface area contributed by atoms with Crippen LogP contribution in [0.5, 0.6) is 5.75 Å². The Morgan fingerprint density at radius 2 is 1.73 bits per heavy atom. The third kappa shape index (κ3) is 4.33. The zero-order chi connectivity index (χ0) is 19.1. The minimum absolute atomic E-state index is 0.0187. The van der Waals surface area contributed by atoms with Crippen molar-refractivity contribution < 1.29 is 33.3 Å². The summed E-state index contributed by atoms with van der Waals surface area (Å²) in [4.78, 5) is 37.0. The number of carbonyl (C=O) groups is 3. The quantitative estimate of drug-likeness (QED) is 0.416. The first-order chi connectivity index (χ1) is 12.5. The molecular formula is C19H24O7. The summed E-state index contributed by atoms with van der Waals surface area (Å²) < 4.78 is 20.7. The summed E-state index contributed by atoms with van der Waals surface area (Å²) in [6.07, 6.45) is 0.0187. The second-order valence-corrected chi connectivity index (χ2v) is 5.90. The number of para-hydroxylation sites is 1. The molecule has 1 aliphatic heterocycles. The van der Waals surface area contributed by atoms with Crippen LogP contribution >= 0.6 is 0 Å². The number of esters is 3. The van der Waals surface area contributed by atoms with Gasteiger partial charge in [-0.05, 0) is 25.5 Å². The van der Waals surface area contributed by atoms with Gasteiger partial charge in [-0.2, -0.15) is 0 Å². The second-order valence-electron chi connectivity index (χ2n) is 5.90. The summed E-state index contributed by atoms with van der Waals surface area (Å²) in [7, 11) is 1.29. The fraction of sp³-hybridized carbons (Fsp3) is 0.526. The third-order valence-electron chi connectivity index (χ3n) is 4.34. The van der Waals surface area contributed by atoms with Gasteiger partial charge in [0.1, 0.15) is 5.75 Å². The van der Waals surface area contributed by atoms with Gasteiger partial charge in [-0.1, -0.05) is 18.2 Å². The Balaban J connectivity index is 2.47. The summed E-state index contributed by atoms with van der Waals surface area (Å²) in [5.41, 5.74) is 0.679. The van der Waals surface area contributed by atoms with Gasteiger partial charge in [0.25, 0.3) is 0 Å². The maximum atomic E-state index is 12.6. The van der Waals surface area contributed by atoms with E-state index in [1.165, 1.54) is 7.11 Å². The summed E-state index contributed by atoms with van der Waals surface area (Å²) in [5, 5.41) is 0. The number of carbonyl (C=O) groups excluding carboxylic acids is 3. The van der Waals surface area contributed by atoms with Gasteiger partial charge in [-0.3, -0.25) is 14.4 Å². The molecule has 0 saturated carbocycles. The molecule has 1 aromatic carbocycles. The zero-order valence-electron chi connectivity index (χ0n) is 15.2. The molecule has 142 valence electrons. The smallest absolute Gasteiger partial charge is 0.320 e. The number of rotatable bonds is 7. The topological polar surface area (TPSA) is 88.1 Å². The molecule has 1 aromatic rings. The van der Waals surface area contributed by atoms with E-state index in [0.29, 0.717) is 11.3 Å². The van der Waals surface area contributed by atoms with Gasteiger partial charge in [-0.25, -0.2) is 0 Å². The highest BCUT2D eigenvalue weighted by atomic mass is 16.6. The van der Waals surface area contributed by atoms with Crippen LogP contribution in [-0.4, -0.2) is 44.8 Å². The van der Waals surface area contributed by atoms with Crippen molar-refractivity contribution in [1.29, 1.82) is 0 Å². The zero-order valence-corrected chi connectivity index (χ0v) is 15.2. The largest absolute Gasteiger partial charge is 0.493 e. The number of benzene rings is 1. The predicted molar refractivity (Wildman–Crippen MR) is 91.6 cm³/mol. The first-order valence-electron chi connectivity index (χ1n) is 8.65. The maximum absolute atomic E-state index is 12.6. The van der Waals surface area contributed by atoms with Crippen LogP contribution in [0.15, 0.2) is 24.3 Å². The highest BCUT2D eigenvalue weighted by Gasteiger charge is 2.46. The van der Waals surface area contributed by atoms with Crippen LogP contribution in [0.4, 0.5) is 0 Å². The van der Waals surface area contributed by atoms with Crippen molar-refractivity contribution in [2.75, 3.05) is 26.9 Å². The summed E-state index contributed by atoms with van der Waals surface area (Å²) in [6.45, 7) is 3.81. The van der Waals surface area contributed by atoms with E-state index >= 15 is 0 Å². The SMILES string of the molecule is CCOC(=O)C(C(=O)OCC)C1c2ccccc2OCC1CC(=O)OC. The standard InChI is InChI=1S/C19H24O7/c1-4-24-18(21)17(19(22)25-5-2)16-12(10-15(20)23-3)11-26-14-9-7-6-8-13(14)16/h6-9,12,16-17H,4-5,10-11H2,1-3H3. The van der Waals surface area contributed by atoms with Gasteiger partial charge >= 0.3 is 17.9 Å². The van der Waals surface area contributed by atoms with Gasteiger partial charge < -0.3 is 18.9 Å². The molecule has 2 rings (SSSR count). The van der Waals surface area contributed by atoms with E-state index in [-0.39, 0.29) is 26.2 Å². The van der Waals surface area contributed by atoms with E-state index in [1.807, 2.05) is 0 Å². The molecule has 1 heterocycles. The molecule has 7 nitrogen and oxygen atoms in total. The van der Waals surface area contributed by atoms with Gasteiger partial charge in [-0.15, -0.1) is 0 Å². The van der Waals surface area contributed by atoms with Crippen LogP contribution in [-0.2, 0) is 28.6 Å². The lowest BCUT2D eigenvalue weighted by atomic mass is 9.74. The van der Waals surface area contributed by atoms with E-state index < -0.39 is 35.7 Å². The lowest BCUT2D eigenvalue weighted by molar-refractivity contribution is -0.165. The molecule has 0 aromatic heterocycles. The molecular weight excluding hydrogens is 340 g/mol. The molecule has 0 saturated heterocycles. The van der Waals surface area contributed by atoms with E-state index in [1.54, 1.807) is 38.1 Å². The number of ether oxygens (including phenoxy) is 4. The highest BCUT2D eigenvalue weighted by molar-refractivity contribution is 5.96. The first-order valence-corrected chi connectivity index (χ1v) is 8.65. The van der Waals surface area contributed by atoms with E-state index in [0.717, 1.165) is 0 Å². The molecule has 7 heteroatoms. The van der Waals surface area contributed by atoms with Crippen LogP contribution < -0.4 is 4.74 Å². The third-order valence-corrected chi connectivity index (χ3v) is 4.34. The van der Waals surface area contributed by atoms with Gasteiger partial charge in [0.05, 0.1) is 33.4 Å². The first kappa shape index (κ1) is 19.8. The lowest BCUT2D eigenvalue weighted by Gasteiger charge is -2.36. The number of fused-ring (bicyclic) bond motifs is 1. The van der Waals surface area contributed by atoms with Gasteiger partial charge in [0.15, 0.2) is 5.92 Å². The summed E-state index contributed by atoms with van der Waals surface area (Å²) >= 11 is 0. The van der Waals surface area contributed by atoms with Gasteiger partial charge in [0, 0.05) is 11.8 Å². The fourth-order valence-electron chi connectivity index (χ4n) is 3.23. The minimum atomic E-state index is -1.17. The Morgan fingerprint density at radius 3 is 2.31 bits per heavy atom. The summed E-state index contributed by atoms with van der Waals surface area (Å²) in [5.74, 6) is -3.38. The van der Waals surface area contributed by atoms with E-state index in [4.69, 9.17) is 18.9 Å². The molecule has 2 atom stereocenters. The van der Waals surface area contributed by atoms with Gasteiger partial charge in [0.2, 0.25) is 0 Å². The predicted octanol–water partition coefficient (Wildman–Crippen LogP) is 2.08. The number of hydrogen-bond acceptors (Lipinski definition) is 7. The Morgan fingerprint density at radius 1 is 1.12 bits per heavy atom. The lowest BCUT2D eigenvalue weighted by Crippen LogP contribution is -2.41. The Labute approximate surface area is 152 Å². The molecule has 0 N–H and O–H groups in total. The van der Waals surface area contributed by atoms with E-state index in [9.17, 15) is 14.4 Å². The Bertz CT molecular complexity index is 637. The van der Waals surface area contributed by atoms with Crippen molar-refractivity contribution in [1.82, 2.24) is 0 Å². The highest BCUT2D eigenvalue weighted by Crippen LogP contribution is 2.44. The van der Waals surface area contributed by atoms with Crippen LogP contribution in [0.25, 0.3) is 0 Å². The molecule has 0 bridgehead atoms. The average Bonchev–Trinajstić information content (AvgIpc) is 2.63. The number of methoxy groups -OCH3 is 1. The van der Waals surface area contributed by atoms with Crippen molar-refractivity contribution in [2.24, 2.45) is 11.8 Å². The minimum Gasteiger partial charge on any atom is -0.493 e. The molecule has 26 heavy (non-hydrogen) atoms. The van der Waals surface area contributed by atoms with E-state index in [2.05, 4.69) is 0 Å². The molecule has 0 amide bonds. The molecule has 0 fully saturated rings. The van der Waals surface area contributed by atoms with Crippen molar-refractivity contribution in [3.05, 3.63) is 29.8 Å². The molecule has 0 spiro atoms. The monoisotopic (exact) mass is 364 g/mol. The fourth-order valence-corrected chi connectivity index (χ4v) is 3.23. The molecule has 2 unspecified atom stereocenters. The van der Waals surface area contributed by atoms with Crippen LogP contribution in [0, 0.1) is 11.8 Å². The van der Waals surface area contributed by atoms with Crippen molar-refractivity contribution >= 4 is 17.9 Å². The normalized spacial score (nSPS) is 18.5. The molecule has 0 aliphatic carbocycles. The Hall–Kier alpha value is -2.57. The maximum Gasteiger partial charge on any atom is 0.320 e. The van der Waals surface area contributed by atoms with Crippen LogP contribution in [0.2, 0.25) is 0 Å². The summed E-state index contributed by atoms with van der Waals surface area (Å²) in [6, 6.07) is 7.16. The number of hydrogen-bond donors (Lipinski definition) is 0. The van der Waals surface area contributed by atoms with Crippen molar-refractivity contribution in [3.8, 4) is 5.75 Å². The van der Waals surface area contributed by atoms with Crippen LogP contribution in [0.3, 0.4) is 0 Å². The van der Waals surface area contributed by atoms with Crippen molar-refractivity contribution in [2.45, 2.75) is 26.2 Å². The Kier molecular flexibility index (Phi) is 7.00. The average molecular weight is 364 g/mol. The second kappa shape index (κ2) is 9.22. The van der Waals surface area contributed by atoms with Crippen molar-refractivity contribution in [3.63, 3.8) is 0 Å². The molecule has 0 radical (unpaired) electrons. The van der Waals surface area contributed by atoms with Crippen LogP contribution in [0.1, 0.15) is 31.7 Å². The molecule has 1 aliphatic rings.